The van der Waals surface area contributed by atoms with Gasteiger partial charge in [0.1, 0.15) is 11.2 Å². The molecule has 0 spiro atoms. The summed E-state index contributed by atoms with van der Waals surface area (Å²) in [7, 11) is 2.02. The predicted octanol–water partition coefficient (Wildman–Crippen LogP) is 3.88. The Morgan fingerprint density at radius 2 is 1.62 bits per heavy atom. The lowest BCUT2D eigenvalue weighted by molar-refractivity contribution is 0.138. The number of hydrogen-bond donors (Lipinski definition) is 1. The van der Waals surface area contributed by atoms with Crippen LogP contribution in [0.3, 0.4) is 0 Å². The lowest BCUT2D eigenvalue weighted by atomic mass is 10.0. The first-order chi connectivity index (χ1) is 11.2. The van der Waals surface area contributed by atoms with Gasteiger partial charge in [-0.05, 0) is 39.8 Å². The summed E-state index contributed by atoms with van der Waals surface area (Å²) in [6.45, 7) is 7.83. The molecule has 0 bridgehead atoms. The molecule has 0 amide bonds. The summed E-state index contributed by atoms with van der Waals surface area (Å²) in [6, 6.07) is 10.1. The Morgan fingerprint density at radius 1 is 0.958 bits per heavy atom. The van der Waals surface area contributed by atoms with E-state index >= 15 is 0 Å². The van der Waals surface area contributed by atoms with Crippen molar-refractivity contribution in [3.63, 3.8) is 0 Å². The summed E-state index contributed by atoms with van der Waals surface area (Å²) < 4.78 is 11.5. The number of likely N-dealkylation sites (N-methyl/N-ethyl adjacent to an activating group) is 1. The second kappa shape index (κ2) is 5.51. The number of benzene rings is 1. The molecule has 5 nitrogen and oxygen atoms in total. The molecule has 2 heterocycles. The smallest absolute Gasteiger partial charge is 0.216 e. The minimum Gasteiger partial charge on any atom is -0.465 e. The molecule has 0 aliphatic carbocycles. The van der Waals surface area contributed by atoms with Crippen LogP contribution < -0.4 is 4.90 Å². The fourth-order valence-electron chi connectivity index (χ4n) is 2.92. The number of para-hydroxylation sites is 1. The van der Waals surface area contributed by atoms with Crippen LogP contribution in [0.2, 0.25) is 0 Å². The minimum atomic E-state index is -0.612. The van der Waals surface area contributed by atoms with Crippen LogP contribution in [0.1, 0.15) is 27.7 Å². The quantitative estimate of drug-likeness (QED) is 0.917. The standard InChI is InChI=1S/C19H23N3O2/c1-18(2)14(11-16(20)23-18)21-17-12-15(19(3,4)24-17)22(5)13-9-7-6-8-10-13/h6-12,20H,1-5H3. The van der Waals surface area contributed by atoms with Crippen LogP contribution in [0, 0.1) is 5.41 Å². The Kier molecular flexibility index (Phi) is 3.74. The van der Waals surface area contributed by atoms with E-state index in [2.05, 4.69) is 22.0 Å². The number of nitrogens with one attached hydrogen (secondary N) is 1. The zero-order valence-electron chi connectivity index (χ0n) is 14.8. The highest BCUT2D eigenvalue weighted by Gasteiger charge is 2.38. The van der Waals surface area contributed by atoms with Gasteiger partial charge in [-0.25, -0.2) is 4.99 Å². The molecule has 0 fully saturated rings. The average Bonchev–Trinajstić information content (AvgIpc) is 2.94. The second-order valence-electron chi connectivity index (χ2n) is 6.99. The molecular formula is C19H23N3O2. The first-order valence-corrected chi connectivity index (χ1v) is 7.97. The van der Waals surface area contributed by atoms with Gasteiger partial charge >= 0.3 is 0 Å². The number of rotatable bonds is 3. The second-order valence-corrected chi connectivity index (χ2v) is 6.99. The SMILES string of the molecule is CN(C1=CC(=NC2=CC(=N)OC2(C)C)OC1(C)C)c1ccccc1. The molecule has 2 aliphatic rings. The predicted molar refractivity (Wildman–Crippen MR) is 96.5 cm³/mol. The largest absolute Gasteiger partial charge is 0.465 e. The fraction of sp³-hybridized carbons (Fsp3) is 0.368. The van der Waals surface area contributed by atoms with Gasteiger partial charge in [0.25, 0.3) is 0 Å². The molecule has 1 aromatic carbocycles. The van der Waals surface area contributed by atoms with E-state index in [0.717, 1.165) is 11.4 Å². The third kappa shape index (κ3) is 2.94. The molecule has 0 atom stereocenters. The van der Waals surface area contributed by atoms with Crippen LogP contribution in [0.15, 0.2) is 58.9 Å². The monoisotopic (exact) mass is 325 g/mol. The third-order valence-corrected chi connectivity index (χ3v) is 4.22. The fourth-order valence-corrected chi connectivity index (χ4v) is 2.92. The van der Waals surface area contributed by atoms with E-state index in [4.69, 9.17) is 14.9 Å². The topological polar surface area (TPSA) is 57.9 Å². The maximum atomic E-state index is 7.67. The molecule has 3 rings (SSSR count). The summed E-state index contributed by atoms with van der Waals surface area (Å²) in [4.78, 5) is 6.69. The molecule has 1 N–H and O–H groups in total. The van der Waals surface area contributed by atoms with Crippen molar-refractivity contribution in [2.45, 2.75) is 38.9 Å². The summed E-state index contributed by atoms with van der Waals surface area (Å²) in [6.07, 6.45) is 3.59. The van der Waals surface area contributed by atoms with Crippen molar-refractivity contribution in [1.82, 2.24) is 0 Å². The summed E-state index contributed by atoms with van der Waals surface area (Å²) >= 11 is 0. The van der Waals surface area contributed by atoms with Crippen LogP contribution >= 0.6 is 0 Å². The molecule has 0 unspecified atom stereocenters. The van der Waals surface area contributed by atoms with Crippen molar-refractivity contribution in [2.24, 2.45) is 4.99 Å². The number of ether oxygens (including phenoxy) is 2. The summed E-state index contributed by atoms with van der Waals surface area (Å²) in [5, 5.41) is 7.67. The molecule has 126 valence electrons. The summed E-state index contributed by atoms with van der Waals surface area (Å²) in [5.41, 5.74) is 1.71. The van der Waals surface area contributed by atoms with Crippen molar-refractivity contribution in [2.75, 3.05) is 11.9 Å². The van der Waals surface area contributed by atoms with Crippen molar-refractivity contribution in [3.05, 3.63) is 53.9 Å². The molecule has 0 saturated carbocycles. The Balaban J connectivity index is 1.93. The van der Waals surface area contributed by atoms with Crippen molar-refractivity contribution in [1.29, 1.82) is 5.41 Å². The van der Waals surface area contributed by atoms with E-state index in [-0.39, 0.29) is 5.90 Å². The lowest BCUT2D eigenvalue weighted by Gasteiger charge is -2.30. The van der Waals surface area contributed by atoms with E-state index in [1.54, 1.807) is 6.08 Å². The van der Waals surface area contributed by atoms with Crippen molar-refractivity contribution < 1.29 is 9.47 Å². The van der Waals surface area contributed by atoms with Gasteiger partial charge in [0.15, 0.2) is 0 Å². The highest BCUT2D eigenvalue weighted by Crippen LogP contribution is 2.35. The minimum absolute atomic E-state index is 0.127. The number of nitrogens with zero attached hydrogens (tertiary/aromatic N) is 2. The Hall–Kier alpha value is -2.56. The normalized spacial score (nSPS) is 22.7. The van der Waals surface area contributed by atoms with Gasteiger partial charge in [-0.2, -0.15) is 0 Å². The van der Waals surface area contributed by atoms with E-state index < -0.39 is 11.2 Å². The van der Waals surface area contributed by atoms with E-state index in [0.29, 0.717) is 11.6 Å². The maximum Gasteiger partial charge on any atom is 0.216 e. The number of aliphatic imine (C=N–C) groups is 1. The van der Waals surface area contributed by atoms with E-state index in [9.17, 15) is 0 Å². The molecule has 0 saturated heterocycles. The van der Waals surface area contributed by atoms with Crippen molar-refractivity contribution >= 4 is 17.5 Å². The number of anilines is 1. The number of hydrogen-bond acceptors (Lipinski definition) is 5. The first kappa shape index (κ1) is 16.3. The highest BCUT2D eigenvalue weighted by atomic mass is 16.5. The molecular weight excluding hydrogens is 302 g/mol. The summed E-state index contributed by atoms with van der Waals surface area (Å²) in [5.74, 6) is 0.664. The van der Waals surface area contributed by atoms with E-state index in [1.165, 1.54) is 0 Å². The third-order valence-electron chi connectivity index (χ3n) is 4.22. The van der Waals surface area contributed by atoms with Crippen LogP contribution in [0.4, 0.5) is 5.69 Å². The van der Waals surface area contributed by atoms with Crippen molar-refractivity contribution in [3.8, 4) is 0 Å². The molecule has 24 heavy (non-hydrogen) atoms. The first-order valence-electron chi connectivity index (χ1n) is 7.97. The van der Waals surface area contributed by atoms with Gasteiger partial charge in [-0.15, -0.1) is 0 Å². The average molecular weight is 325 g/mol. The zero-order chi connectivity index (χ0) is 17.5. The maximum absolute atomic E-state index is 7.67. The van der Waals surface area contributed by atoms with Crippen LogP contribution in [0.5, 0.6) is 0 Å². The highest BCUT2D eigenvalue weighted by molar-refractivity contribution is 5.95. The Morgan fingerprint density at radius 3 is 2.21 bits per heavy atom. The van der Waals surface area contributed by atoms with Crippen LogP contribution in [0.25, 0.3) is 0 Å². The molecule has 0 aromatic heterocycles. The lowest BCUT2D eigenvalue weighted by Crippen LogP contribution is -2.33. The zero-order valence-corrected chi connectivity index (χ0v) is 14.8. The van der Waals surface area contributed by atoms with Crippen LogP contribution in [-0.4, -0.2) is 30.0 Å². The van der Waals surface area contributed by atoms with Gasteiger partial charge in [0, 0.05) is 24.9 Å². The van der Waals surface area contributed by atoms with Crippen LogP contribution in [-0.2, 0) is 9.47 Å². The molecule has 0 radical (unpaired) electrons. The van der Waals surface area contributed by atoms with Gasteiger partial charge < -0.3 is 14.4 Å². The van der Waals surface area contributed by atoms with Gasteiger partial charge in [-0.3, -0.25) is 5.41 Å². The van der Waals surface area contributed by atoms with Gasteiger partial charge in [-0.1, -0.05) is 18.2 Å². The van der Waals surface area contributed by atoms with E-state index in [1.807, 2.05) is 59.0 Å². The molecule has 1 aromatic rings. The Labute approximate surface area is 142 Å². The Bertz CT molecular complexity index is 758. The van der Waals surface area contributed by atoms with Gasteiger partial charge in [0.05, 0.1) is 11.4 Å². The molecule has 5 heteroatoms. The van der Waals surface area contributed by atoms with Gasteiger partial charge in [0.2, 0.25) is 11.8 Å². The molecule has 2 aliphatic heterocycles.